The van der Waals surface area contributed by atoms with Gasteiger partial charge in [0.05, 0.1) is 12.7 Å². The van der Waals surface area contributed by atoms with Gasteiger partial charge in [-0.3, -0.25) is 9.59 Å². The standard InChI is InChI=1S/C19H22BrN3O2/c1-13-7-6-8-14(2)19(13)22-18(25)12-23(3)11-17(24)21-16-10-5-4-9-15(16)20/h4-10H,11-12H2,1-3H3,(H,21,24)(H,22,25)/p+1. The van der Waals surface area contributed by atoms with E-state index in [1.807, 2.05) is 63.4 Å². The van der Waals surface area contributed by atoms with Crippen molar-refractivity contribution < 1.29 is 14.5 Å². The molecule has 1 unspecified atom stereocenters. The van der Waals surface area contributed by atoms with E-state index in [-0.39, 0.29) is 24.9 Å². The van der Waals surface area contributed by atoms with Gasteiger partial charge in [-0.25, -0.2) is 0 Å². The van der Waals surface area contributed by atoms with Crippen LogP contribution in [0.2, 0.25) is 0 Å². The normalized spacial score (nSPS) is 11.7. The highest BCUT2D eigenvalue weighted by Gasteiger charge is 2.16. The van der Waals surface area contributed by atoms with E-state index in [1.165, 1.54) is 0 Å². The fraction of sp³-hybridized carbons (Fsp3) is 0.263. The fourth-order valence-electron chi connectivity index (χ4n) is 2.56. The van der Waals surface area contributed by atoms with Gasteiger partial charge in [-0.2, -0.15) is 0 Å². The monoisotopic (exact) mass is 404 g/mol. The molecule has 0 aliphatic rings. The number of para-hydroxylation sites is 2. The lowest BCUT2D eigenvalue weighted by Crippen LogP contribution is -3.11. The Balaban J connectivity index is 1.87. The van der Waals surface area contributed by atoms with Gasteiger partial charge in [0.2, 0.25) is 0 Å². The van der Waals surface area contributed by atoms with Gasteiger partial charge < -0.3 is 15.5 Å². The van der Waals surface area contributed by atoms with Crippen LogP contribution >= 0.6 is 15.9 Å². The molecular formula is C19H23BrN3O2+. The van der Waals surface area contributed by atoms with Crippen molar-refractivity contribution in [1.82, 2.24) is 0 Å². The third-order valence-electron chi connectivity index (χ3n) is 3.82. The van der Waals surface area contributed by atoms with Crippen LogP contribution in [0.25, 0.3) is 0 Å². The Bertz CT molecular complexity index is 757. The van der Waals surface area contributed by atoms with E-state index in [9.17, 15) is 9.59 Å². The second-order valence-electron chi connectivity index (χ2n) is 6.15. The van der Waals surface area contributed by atoms with Crippen molar-refractivity contribution in [2.24, 2.45) is 0 Å². The van der Waals surface area contributed by atoms with E-state index in [4.69, 9.17) is 0 Å². The Morgan fingerprint density at radius 2 is 1.48 bits per heavy atom. The van der Waals surface area contributed by atoms with Crippen LogP contribution < -0.4 is 15.5 Å². The molecule has 1 atom stereocenters. The summed E-state index contributed by atoms with van der Waals surface area (Å²) in [4.78, 5) is 25.2. The lowest BCUT2D eigenvalue weighted by molar-refractivity contribution is -0.862. The molecule has 3 N–H and O–H groups in total. The topological polar surface area (TPSA) is 62.6 Å². The molecule has 25 heavy (non-hydrogen) atoms. The lowest BCUT2D eigenvalue weighted by atomic mass is 10.1. The minimum Gasteiger partial charge on any atom is -0.322 e. The number of likely N-dealkylation sites (N-methyl/N-ethyl adjacent to an activating group) is 1. The molecule has 0 heterocycles. The summed E-state index contributed by atoms with van der Waals surface area (Å²) in [6.07, 6.45) is 0. The number of amides is 2. The molecule has 0 spiro atoms. The maximum atomic E-state index is 12.3. The number of quaternary nitrogens is 1. The summed E-state index contributed by atoms with van der Waals surface area (Å²) >= 11 is 3.40. The summed E-state index contributed by atoms with van der Waals surface area (Å²) in [7, 11) is 1.82. The highest BCUT2D eigenvalue weighted by atomic mass is 79.9. The number of aryl methyl sites for hydroxylation is 2. The number of hydrogen-bond donors (Lipinski definition) is 3. The molecule has 132 valence electrons. The smallest absolute Gasteiger partial charge is 0.279 e. The molecule has 2 rings (SSSR count). The third-order valence-corrected chi connectivity index (χ3v) is 4.51. The van der Waals surface area contributed by atoms with E-state index < -0.39 is 0 Å². The molecule has 2 aromatic carbocycles. The van der Waals surface area contributed by atoms with Crippen LogP contribution in [0.15, 0.2) is 46.9 Å². The summed E-state index contributed by atoms with van der Waals surface area (Å²) in [5.41, 5.74) is 3.62. The average molecular weight is 405 g/mol. The molecule has 0 aromatic heterocycles. The van der Waals surface area contributed by atoms with Crippen molar-refractivity contribution in [2.45, 2.75) is 13.8 Å². The van der Waals surface area contributed by atoms with Gasteiger partial charge in [-0.05, 0) is 53.0 Å². The van der Waals surface area contributed by atoms with Gasteiger partial charge in [-0.15, -0.1) is 0 Å². The molecule has 2 amide bonds. The number of nitrogens with one attached hydrogen (secondary N) is 3. The number of anilines is 2. The Morgan fingerprint density at radius 1 is 0.920 bits per heavy atom. The van der Waals surface area contributed by atoms with E-state index in [0.717, 1.165) is 31.9 Å². The predicted octanol–water partition coefficient (Wildman–Crippen LogP) is 2.16. The number of benzene rings is 2. The Hall–Kier alpha value is -2.18. The van der Waals surface area contributed by atoms with Crippen LogP contribution in [0.5, 0.6) is 0 Å². The maximum absolute atomic E-state index is 12.3. The molecule has 6 heteroatoms. The summed E-state index contributed by atoms with van der Waals surface area (Å²) in [6.45, 7) is 4.35. The van der Waals surface area contributed by atoms with Gasteiger partial charge in [0.15, 0.2) is 13.1 Å². The zero-order valence-corrected chi connectivity index (χ0v) is 16.2. The zero-order valence-electron chi connectivity index (χ0n) is 14.7. The van der Waals surface area contributed by atoms with Gasteiger partial charge in [0.25, 0.3) is 11.8 Å². The molecule has 0 aliphatic carbocycles. The first-order valence-electron chi connectivity index (χ1n) is 8.08. The van der Waals surface area contributed by atoms with Crippen LogP contribution in [0.4, 0.5) is 11.4 Å². The molecule has 0 bridgehead atoms. The lowest BCUT2D eigenvalue weighted by Gasteiger charge is -2.16. The van der Waals surface area contributed by atoms with E-state index in [2.05, 4.69) is 26.6 Å². The van der Waals surface area contributed by atoms with Crippen molar-refractivity contribution in [1.29, 1.82) is 0 Å². The van der Waals surface area contributed by atoms with Crippen molar-refractivity contribution in [3.05, 3.63) is 58.1 Å². The highest BCUT2D eigenvalue weighted by Crippen LogP contribution is 2.21. The number of carbonyl (C=O) groups excluding carboxylic acids is 2. The first-order chi connectivity index (χ1) is 11.9. The number of carbonyl (C=O) groups is 2. The van der Waals surface area contributed by atoms with E-state index in [0.29, 0.717) is 0 Å². The van der Waals surface area contributed by atoms with E-state index >= 15 is 0 Å². The quantitative estimate of drug-likeness (QED) is 0.690. The summed E-state index contributed by atoms with van der Waals surface area (Å²) < 4.78 is 0.828. The maximum Gasteiger partial charge on any atom is 0.279 e. The Labute approximate surface area is 156 Å². The molecule has 0 radical (unpaired) electrons. The van der Waals surface area contributed by atoms with E-state index in [1.54, 1.807) is 0 Å². The van der Waals surface area contributed by atoms with Crippen LogP contribution in [0.3, 0.4) is 0 Å². The molecule has 2 aromatic rings. The van der Waals surface area contributed by atoms with Crippen LogP contribution in [-0.2, 0) is 9.59 Å². The molecule has 0 aliphatic heterocycles. The largest absolute Gasteiger partial charge is 0.322 e. The second-order valence-corrected chi connectivity index (χ2v) is 7.01. The Kier molecular flexibility index (Phi) is 6.73. The predicted molar refractivity (Wildman–Crippen MR) is 104 cm³/mol. The molecule has 0 saturated heterocycles. The van der Waals surface area contributed by atoms with Gasteiger partial charge >= 0.3 is 0 Å². The minimum atomic E-state index is -0.135. The SMILES string of the molecule is Cc1cccc(C)c1NC(=O)C[NH+](C)CC(=O)Nc1ccccc1Br. The highest BCUT2D eigenvalue weighted by molar-refractivity contribution is 9.10. The van der Waals surface area contributed by atoms with Crippen LogP contribution in [0.1, 0.15) is 11.1 Å². The molecule has 0 saturated carbocycles. The zero-order chi connectivity index (χ0) is 18.4. The van der Waals surface area contributed by atoms with Gasteiger partial charge in [0, 0.05) is 10.2 Å². The number of hydrogen-bond acceptors (Lipinski definition) is 2. The average Bonchev–Trinajstić information content (AvgIpc) is 2.53. The van der Waals surface area contributed by atoms with Crippen molar-refractivity contribution >= 4 is 39.1 Å². The molecular weight excluding hydrogens is 382 g/mol. The summed E-state index contributed by atoms with van der Waals surface area (Å²) in [5, 5.41) is 5.79. The van der Waals surface area contributed by atoms with Crippen molar-refractivity contribution in [3.63, 3.8) is 0 Å². The molecule has 5 nitrogen and oxygen atoms in total. The van der Waals surface area contributed by atoms with Crippen molar-refractivity contribution in [3.8, 4) is 0 Å². The third kappa shape index (κ3) is 5.69. The summed E-state index contributed by atoms with van der Waals surface area (Å²) in [6, 6.07) is 13.3. The Morgan fingerprint density at radius 3 is 2.08 bits per heavy atom. The minimum absolute atomic E-state index is 0.108. The van der Waals surface area contributed by atoms with Crippen LogP contribution in [-0.4, -0.2) is 32.0 Å². The second kappa shape index (κ2) is 8.78. The fourth-order valence-corrected chi connectivity index (χ4v) is 2.95. The van der Waals surface area contributed by atoms with Gasteiger partial charge in [-0.1, -0.05) is 30.3 Å². The van der Waals surface area contributed by atoms with Crippen molar-refractivity contribution in [2.75, 3.05) is 30.8 Å². The summed E-state index contributed by atoms with van der Waals surface area (Å²) in [5.74, 6) is -0.243. The first kappa shape index (κ1) is 19.1. The van der Waals surface area contributed by atoms with Gasteiger partial charge in [0.1, 0.15) is 0 Å². The van der Waals surface area contributed by atoms with Crippen LogP contribution in [0, 0.1) is 13.8 Å². The number of rotatable bonds is 6. The first-order valence-corrected chi connectivity index (χ1v) is 8.88. The number of halogens is 1. The molecule has 0 fully saturated rings.